The second kappa shape index (κ2) is 4.95. The van der Waals surface area contributed by atoms with Crippen LogP contribution in [-0.4, -0.2) is 29.0 Å². The Morgan fingerprint density at radius 1 is 1.28 bits per heavy atom. The smallest absolute Gasteiger partial charge is 0.257 e. The summed E-state index contributed by atoms with van der Waals surface area (Å²) in [5.41, 5.74) is 7.55. The minimum Gasteiger partial charge on any atom is -0.491 e. The number of rotatable bonds is 4. The summed E-state index contributed by atoms with van der Waals surface area (Å²) in [6.07, 6.45) is 3.53. The van der Waals surface area contributed by atoms with E-state index in [0.717, 1.165) is 17.7 Å². The lowest BCUT2D eigenvalue weighted by molar-refractivity contribution is 0.344. The van der Waals surface area contributed by atoms with E-state index in [2.05, 4.69) is 10.1 Å². The van der Waals surface area contributed by atoms with Crippen molar-refractivity contribution in [2.45, 2.75) is 13.5 Å². The van der Waals surface area contributed by atoms with Crippen LogP contribution in [0.15, 0.2) is 18.5 Å². The van der Waals surface area contributed by atoms with Gasteiger partial charge in [-0.3, -0.25) is 4.68 Å². The Labute approximate surface area is 105 Å². The maximum atomic E-state index is 5.92. The van der Waals surface area contributed by atoms with Crippen LogP contribution in [0.2, 0.25) is 0 Å². The van der Waals surface area contributed by atoms with Crippen molar-refractivity contribution in [3.63, 3.8) is 0 Å². The molecule has 2 aromatic heterocycles. The Morgan fingerprint density at radius 2 is 2.06 bits per heavy atom. The van der Waals surface area contributed by atoms with Gasteiger partial charge in [-0.2, -0.15) is 5.10 Å². The standard InChI is InChI=1S/C12H16N4O2/c1-4-16-7-9(11(13)15-16)8-5-6-14-12(18-3)10(8)17-2/h5-7H,4H2,1-3H3,(H2,13,15). The zero-order chi connectivity index (χ0) is 13.1. The van der Waals surface area contributed by atoms with Gasteiger partial charge in [0.15, 0.2) is 11.6 Å². The van der Waals surface area contributed by atoms with Crippen LogP contribution in [0.25, 0.3) is 11.1 Å². The van der Waals surface area contributed by atoms with E-state index < -0.39 is 0 Å². The van der Waals surface area contributed by atoms with E-state index in [4.69, 9.17) is 15.2 Å². The van der Waals surface area contributed by atoms with E-state index in [1.807, 2.05) is 19.2 Å². The normalized spacial score (nSPS) is 10.4. The fraction of sp³-hybridized carbons (Fsp3) is 0.333. The number of hydrogen-bond acceptors (Lipinski definition) is 5. The van der Waals surface area contributed by atoms with E-state index >= 15 is 0 Å². The van der Waals surface area contributed by atoms with Gasteiger partial charge in [-0.15, -0.1) is 0 Å². The van der Waals surface area contributed by atoms with Crippen LogP contribution in [-0.2, 0) is 6.54 Å². The van der Waals surface area contributed by atoms with Gasteiger partial charge in [-0.05, 0) is 13.0 Å². The molecule has 0 fully saturated rings. The minimum atomic E-state index is 0.429. The molecule has 2 heterocycles. The molecular formula is C12H16N4O2. The Morgan fingerprint density at radius 3 is 2.61 bits per heavy atom. The number of ether oxygens (including phenoxy) is 2. The number of nitrogens with zero attached hydrogens (tertiary/aromatic N) is 3. The predicted octanol–water partition coefficient (Wildman–Crippen LogP) is 1.56. The third kappa shape index (κ3) is 1.97. The van der Waals surface area contributed by atoms with Gasteiger partial charge >= 0.3 is 0 Å². The molecule has 0 atom stereocenters. The molecule has 2 aromatic rings. The Balaban J connectivity index is 2.59. The molecule has 0 aliphatic heterocycles. The van der Waals surface area contributed by atoms with Gasteiger partial charge in [-0.1, -0.05) is 0 Å². The molecule has 0 unspecified atom stereocenters. The molecule has 96 valence electrons. The van der Waals surface area contributed by atoms with Crippen LogP contribution in [0.1, 0.15) is 6.92 Å². The average Bonchev–Trinajstić information content (AvgIpc) is 2.78. The minimum absolute atomic E-state index is 0.429. The number of hydrogen-bond donors (Lipinski definition) is 1. The molecule has 6 nitrogen and oxygen atoms in total. The highest BCUT2D eigenvalue weighted by atomic mass is 16.5. The summed E-state index contributed by atoms with van der Waals surface area (Å²) in [6, 6.07) is 1.83. The van der Waals surface area contributed by atoms with E-state index in [1.165, 1.54) is 0 Å². The highest BCUT2D eigenvalue weighted by Crippen LogP contribution is 2.38. The van der Waals surface area contributed by atoms with Crippen LogP contribution in [0.4, 0.5) is 5.82 Å². The topological polar surface area (TPSA) is 75.2 Å². The second-order valence-electron chi connectivity index (χ2n) is 3.68. The van der Waals surface area contributed by atoms with Crippen molar-refractivity contribution in [1.29, 1.82) is 0 Å². The lowest BCUT2D eigenvalue weighted by atomic mass is 10.1. The molecule has 0 aliphatic carbocycles. The lowest BCUT2D eigenvalue weighted by Crippen LogP contribution is -1.96. The zero-order valence-corrected chi connectivity index (χ0v) is 10.7. The van der Waals surface area contributed by atoms with Gasteiger partial charge in [0, 0.05) is 30.1 Å². The monoisotopic (exact) mass is 248 g/mol. The molecule has 0 saturated heterocycles. The lowest BCUT2D eigenvalue weighted by Gasteiger charge is -2.10. The van der Waals surface area contributed by atoms with Gasteiger partial charge in [0.2, 0.25) is 0 Å². The van der Waals surface area contributed by atoms with Gasteiger partial charge in [0.25, 0.3) is 5.88 Å². The first-order valence-corrected chi connectivity index (χ1v) is 5.61. The largest absolute Gasteiger partial charge is 0.491 e. The van der Waals surface area contributed by atoms with Crippen molar-refractivity contribution in [2.75, 3.05) is 20.0 Å². The molecule has 0 amide bonds. The van der Waals surface area contributed by atoms with E-state index in [9.17, 15) is 0 Å². The van der Waals surface area contributed by atoms with Crippen LogP contribution >= 0.6 is 0 Å². The van der Waals surface area contributed by atoms with Crippen LogP contribution in [0.5, 0.6) is 11.6 Å². The quantitative estimate of drug-likeness (QED) is 0.888. The number of pyridine rings is 1. The SMILES string of the molecule is CCn1cc(-c2ccnc(OC)c2OC)c(N)n1. The number of nitrogen functional groups attached to an aromatic ring is 1. The third-order valence-electron chi connectivity index (χ3n) is 2.67. The van der Waals surface area contributed by atoms with Crippen molar-refractivity contribution >= 4 is 5.82 Å². The maximum absolute atomic E-state index is 5.92. The van der Waals surface area contributed by atoms with Crippen molar-refractivity contribution in [2.24, 2.45) is 0 Å². The third-order valence-corrected chi connectivity index (χ3v) is 2.67. The molecule has 0 aliphatic rings. The summed E-state index contributed by atoms with van der Waals surface area (Å²) < 4.78 is 12.3. The summed E-state index contributed by atoms with van der Waals surface area (Å²) in [6.45, 7) is 2.76. The summed E-state index contributed by atoms with van der Waals surface area (Å²) >= 11 is 0. The highest BCUT2D eigenvalue weighted by molar-refractivity contribution is 5.79. The Kier molecular flexibility index (Phi) is 3.36. The number of anilines is 1. The molecule has 0 saturated carbocycles. The summed E-state index contributed by atoms with van der Waals surface area (Å²) in [5, 5.41) is 4.21. The zero-order valence-electron chi connectivity index (χ0n) is 10.7. The van der Waals surface area contributed by atoms with Crippen molar-refractivity contribution in [3.05, 3.63) is 18.5 Å². The number of nitrogens with two attached hydrogens (primary N) is 1. The molecule has 0 bridgehead atoms. The summed E-state index contributed by atoms with van der Waals surface area (Å²) in [7, 11) is 3.12. The number of aromatic nitrogens is 3. The Hall–Kier alpha value is -2.24. The van der Waals surface area contributed by atoms with E-state index in [1.54, 1.807) is 25.1 Å². The van der Waals surface area contributed by atoms with Crippen molar-refractivity contribution in [3.8, 4) is 22.8 Å². The highest BCUT2D eigenvalue weighted by Gasteiger charge is 2.16. The molecule has 18 heavy (non-hydrogen) atoms. The summed E-state index contributed by atoms with van der Waals surface area (Å²) in [4.78, 5) is 4.10. The van der Waals surface area contributed by atoms with Crippen molar-refractivity contribution < 1.29 is 9.47 Å². The van der Waals surface area contributed by atoms with E-state index in [0.29, 0.717) is 17.4 Å². The number of methoxy groups -OCH3 is 2. The fourth-order valence-corrected chi connectivity index (χ4v) is 1.79. The second-order valence-corrected chi connectivity index (χ2v) is 3.68. The Bertz CT molecular complexity index is 551. The fourth-order valence-electron chi connectivity index (χ4n) is 1.79. The van der Waals surface area contributed by atoms with E-state index in [-0.39, 0.29) is 0 Å². The molecule has 2 N–H and O–H groups in total. The first kappa shape index (κ1) is 12.2. The predicted molar refractivity (Wildman–Crippen MR) is 68.6 cm³/mol. The van der Waals surface area contributed by atoms with Gasteiger partial charge in [-0.25, -0.2) is 4.98 Å². The van der Waals surface area contributed by atoms with Crippen LogP contribution < -0.4 is 15.2 Å². The van der Waals surface area contributed by atoms with Gasteiger partial charge in [0.1, 0.15) is 0 Å². The van der Waals surface area contributed by atoms with Crippen LogP contribution in [0, 0.1) is 0 Å². The summed E-state index contributed by atoms with van der Waals surface area (Å²) in [5.74, 6) is 1.45. The van der Waals surface area contributed by atoms with Gasteiger partial charge in [0.05, 0.1) is 14.2 Å². The van der Waals surface area contributed by atoms with Gasteiger partial charge < -0.3 is 15.2 Å². The van der Waals surface area contributed by atoms with Crippen molar-refractivity contribution in [1.82, 2.24) is 14.8 Å². The molecule has 2 rings (SSSR count). The molecule has 0 radical (unpaired) electrons. The molecule has 6 heteroatoms. The average molecular weight is 248 g/mol. The first-order chi connectivity index (χ1) is 8.71. The maximum Gasteiger partial charge on any atom is 0.257 e. The molecular weight excluding hydrogens is 232 g/mol. The number of aryl methyl sites for hydroxylation is 1. The molecule has 0 aromatic carbocycles. The van der Waals surface area contributed by atoms with Crippen LogP contribution in [0.3, 0.4) is 0 Å². The molecule has 0 spiro atoms. The first-order valence-electron chi connectivity index (χ1n) is 5.61.